The minimum Gasteiger partial charge on any atom is -0.0845 e. The molecule has 0 amide bonds. The zero-order valence-electron chi connectivity index (χ0n) is 8.78. The lowest BCUT2D eigenvalue weighted by Gasteiger charge is -1.92. The molecule has 1 radical (unpaired) electrons. The minimum atomic E-state index is 1.03. The van der Waals surface area contributed by atoms with Gasteiger partial charge in [-0.05, 0) is 44.6 Å². The Morgan fingerprint density at radius 1 is 0.786 bits per heavy atom. The second kappa shape index (κ2) is 8.55. The van der Waals surface area contributed by atoms with Crippen LogP contribution in [0, 0.1) is 6.08 Å². The molecule has 0 aromatic heterocycles. The molecule has 0 unspecified atom stereocenters. The summed E-state index contributed by atoms with van der Waals surface area (Å²) in [5, 5.41) is 0. The molecule has 14 heavy (non-hydrogen) atoms. The highest BCUT2D eigenvalue weighted by Gasteiger charge is 1.83. The van der Waals surface area contributed by atoms with Crippen molar-refractivity contribution in [2.45, 2.75) is 38.5 Å². The third kappa shape index (κ3) is 6.47. The molecule has 1 aliphatic rings. The average molecular weight is 187 g/mol. The number of allylic oxidation sites excluding steroid dienone is 8. The Labute approximate surface area is 87.7 Å². The van der Waals surface area contributed by atoms with E-state index >= 15 is 0 Å². The lowest BCUT2D eigenvalue weighted by atomic mass is 10.1. The van der Waals surface area contributed by atoms with Crippen molar-refractivity contribution in [2.75, 3.05) is 0 Å². The fourth-order valence-corrected chi connectivity index (χ4v) is 1.35. The molecule has 1 rings (SSSR count). The third-order valence-corrected chi connectivity index (χ3v) is 2.16. The standard InChI is InChI=1S/C14H19/c1-2-4-6-8-10-12-14-13-11-9-7-5-3-1/h1-4,7,9,13H,5-6,8,10-12H2/b3-1-,4-2+,9-7+,14-13?. The lowest BCUT2D eigenvalue weighted by Crippen LogP contribution is -1.73. The molecule has 75 valence electrons. The van der Waals surface area contributed by atoms with E-state index in [1.54, 1.807) is 0 Å². The van der Waals surface area contributed by atoms with E-state index in [1.807, 2.05) is 0 Å². The summed E-state index contributed by atoms with van der Waals surface area (Å²) in [6.45, 7) is 0. The van der Waals surface area contributed by atoms with Crippen molar-refractivity contribution >= 4 is 0 Å². The predicted octanol–water partition coefficient (Wildman–Crippen LogP) is 4.37. The highest BCUT2D eigenvalue weighted by Crippen LogP contribution is 2.02. The van der Waals surface area contributed by atoms with Gasteiger partial charge >= 0.3 is 0 Å². The van der Waals surface area contributed by atoms with Crippen LogP contribution in [0.15, 0.2) is 42.5 Å². The van der Waals surface area contributed by atoms with Gasteiger partial charge in [0.05, 0.1) is 0 Å². The van der Waals surface area contributed by atoms with Gasteiger partial charge in [0.1, 0.15) is 0 Å². The van der Waals surface area contributed by atoms with Crippen LogP contribution in [-0.2, 0) is 0 Å². The second-order valence-corrected chi connectivity index (χ2v) is 3.45. The van der Waals surface area contributed by atoms with Gasteiger partial charge < -0.3 is 0 Å². The molecule has 0 aliphatic heterocycles. The van der Waals surface area contributed by atoms with Crippen molar-refractivity contribution in [1.29, 1.82) is 0 Å². The summed E-state index contributed by atoms with van der Waals surface area (Å²) < 4.78 is 0. The summed E-state index contributed by atoms with van der Waals surface area (Å²) in [7, 11) is 0. The van der Waals surface area contributed by atoms with Crippen LogP contribution in [0.3, 0.4) is 0 Å². The maximum absolute atomic E-state index is 3.32. The van der Waals surface area contributed by atoms with E-state index in [0.717, 1.165) is 19.3 Å². The zero-order chi connectivity index (χ0) is 9.90. The molecule has 0 saturated carbocycles. The van der Waals surface area contributed by atoms with Gasteiger partial charge in [0.15, 0.2) is 0 Å². The summed E-state index contributed by atoms with van der Waals surface area (Å²) in [6, 6.07) is 0. The molecule has 0 N–H and O–H groups in total. The first-order valence-electron chi connectivity index (χ1n) is 5.52. The molecule has 0 aromatic rings. The lowest BCUT2D eigenvalue weighted by molar-refractivity contribution is 0.753. The largest absolute Gasteiger partial charge is 0.0845 e. The molecular weight excluding hydrogens is 168 g/mol. The van der Waals surface area contributed by atoms with E-state index < -0.39 is 0 Å². The first-order valence-corrected chi connectivity index (χ1v) is 5.52. The Morgan fingerprint density at radius 3 is 2.64 bits per heavy atom. The van der Waals surface area contributed by atoms with Gasteiger partial charge in [0.25, 0.3) is 0 Å². The highest BCUT2D eigenvalue weighted by molar-refractivity contribution is 5.05. The van der Waals surface area contributed by atoms with E-state index in [4.69, 9.17) is 0 Å². The number of rotatable bonds is 0. The van der Waals surface area contributed by atoms with Crippen LogP contribution in [0.2, 0.25) is 0 Å². The average Bonchev–Trinajstić information content (AvgIpc) is 2.22. The normalized spacial score (nSPS) is 28.6. The van der Waals surface area contributed by atoms with Crippen LogP contribution >= 0.6 is 0 Å². The predicted molar refractivity (Wildman–Crippen MR) is 62.9 cm³/mol. The van der Waals surface area contributed by atoms with Crippen LogP contribution in [0.1, 0.15) is 38.5 Å². The van der Waals surface area contributed by atoms with Crippen molar-refractivity contribution in [3.05, 3.63) is 48.6 Å². The van der Waals surface area contributed by atoms with E-state index in [-0.39, 0.29) is 0 Å². The van der Waals surface area contributed by atoms with Crippen LogP contribution in [0.4, 0.5) is 0 Å². The zero-order valence-corrected chi connectivity index (χ0v) is 8.78. The van der Waals surface area contributed by atoms with Crippen molar-refractivity contribution in [1.82, 2.24) is 0 Å². The Bertz CT molecular complexity index is 228. The maximum atomic E-state index is 3.32. The molecular formula is C14H19. The first-order chi connectivity index (χ1) is 7.00. The molecule has 0 nitrogen and oxygen atoms in total. The van der Waals surface area contributed by atoms with E-state index in [9.17, 15) is 0 Å². The molecule has 0 fully saturated rings. The molecule has 0 bridgehead atoms. The van der Waals surface area contributed by atoms with Crippen LogP contribution in [0.25, 0.3) is 0 Å². The third-order valence-electron chi connectivity index (χ3n) is 2.16. The van der Waals surface area contributed by atoms with Crippen molar-refractivity contribution < 1.29 is 0 Å². The molecule has 1 aliphatic carbocycles. The Kier molecular flexibility index (Phi) is 6.74. The fourth-order valence-electron chi connectivity index (χ4n) is 1.35. The second-order valence-electron chi connectivity index (χ2n) is 3.45. The SMILES string of the molecule is [C]1=C/C/C=C/C/C=C\C=C\CCCC/1. The quantitative estimate of drug-likeness (QED) is 0.494. The summed E-state index contributed by atoms with van der Waals surface area (Å²) in [5.41, 5.74) is 0. The molecule has 0 aromatic carbocycles. The molecule has 0 heterocycles. The van der Waals surface area contributed by atoms with E-state index in [2.05, 4.69) is 48.6 Å². The Balaban J connectivity index is 2.35. The minimum absolute atomic E-state index is 1.03. The van der Waals surface area contributed by atoms with E-state index in [0.29, 0.717) is 0 Å². The van der Waals surface area contributed by atoms with Gasteiger partial charge in [0, 0.05) is 0 Å². The Hall–Kier alpha value is -1.04. The van der Waals surface area contributed by atoms with Gasteiger partial charge in [-0.3, -0.25) is 0 Å². The first kappa shape index (κ1) is 11.0. The van der Waals surface area contributed by atoms with Crippen molar-refractivity contribution in [3.63, 3.8) is 0 Å². The van der Waals surface area contributed by atoms with Crippen LogP contribution in [0.5, 0.6) is 0 Å². The molecule has 0 saturated heterocycles. The number of hydrogen-bond donors (Lipinski definition) is 0. The van der Waals surface area contributed by atoms with Gasteiger partial charge in [-0.2, -0.15) is 0 Å². The van der Waals surface area contributed by atoms with Gasteiger partial charge in [-0.25, -0.2) is 0 Å². The van der Waals surface area contributed by atoms with Gasteiger partial charge in [-0.1, -0.05) is 42.5 Å². The van der Waals surface area contributed by atoms with E-state index in [1.165, 1.54) is 19.3 Å². The van der Waals surface area contributed by atoms with Crippen LogP contribution < -0.4 is 0 Å². The summed E-state index contributed by atoms with van der Waals surface area (Å²) in [5.74, 6) is 0. The summed E-state index contributed by atoms with van der Waals surface area (Å²) in [4.78, 5) is 0. The van der Waals surface area contributed by atoms with Gasteiger partial charge in [-0.15, -0.1) is 0 Å². The molecule has 0 spiro atoms. The van der Waals surface area contributed by atoms with Crippen LogP contribution in [-0.4, -0.2) is 0 Å². The molecule has 0 atom stereocenters. The maximum Gasteiger partial charge on any atom is -0.0163 e. The number of hydrogen-bond acceptors (Lipinski definition) is 0. The van der Waals surface area contributed by atoms with Crippen molar-refractivity contribution in [2.24, 2.45) is 0 Å². The highest BCUT2D eigenvalue weighted by atomic mass is 13.9. The Morgan fingerprint density at radius 2 is 1.64 bits per heavy atom. The van der Waals surface area contributed by atoms with Crippen molar-refractivity contribution in [3.8, 4) is 0 Å². The summed E-state index contributed by atoms with van der Waals surface area (Å²) in [6.07, 6.45) is 25.5. The molecule has 0 heteroatoms. The van der Waals surface area contributed by atoms with Gasteiger partial charge in [0.2, 0.25) is 0 Å². The topological polar surface area (TPSA) is 0 Å². The fraction of sp³-hybridized carbons (Fsp3) is 0.429. The monoisotopic (exact) mass is 187 g/mol. The smallest absolute Gasteiger partial charge is 0.0163 e. The summed E-state index contributed by atoms with van der Waals surface area (Å²) >= 11 is 0.